The second-order valence-electron chi connectivity index (χ2n) is 5.43. The van der Waals surface area contributed by atoms with Crippen molar-refractivity contribution >= 4 is 11.6 Å². The summed E-state index contributed by atoms with van der Waals surface area (Å²) in [7, 11) is 1.64. The van der Waals surface area contributed by atoms with Gasteiger partial charge in [-0.1, -0.05) is 0 Å². The van der Waals surface area contributed by atoms with Gasteiger partial charge in [-0.05, 0) is 24.3 Å². The Hall–Kier alpha value is -2.21. The van der Waals surface area contributed by atoms with Crippen LogP contribution in [0.2, 0.25) is 0 Å². The van der Waals surface area contributed by atoms with E-state index in [4.69, 9.17) is 4.74 Å². The maximum Gasteiger partial charge on any atom is 0.177 e. The van der Waals surface area contributed by atoms with Crippen LogP contribution in [0.4, 0.5) is 0 Å². The molecule has 0 saturated carbocycles. The molecule has 0 bridgehead atoms. The number of ether oxygens (including phenoxy) is 1. The van der Waals surface area contributed by atoms with E-state index in [1.54, 1.807) is 19.4 Å². The molecule has 0 aliphatic carbocycles. The average molecular weight is 300 g/mol. The fourth-order valence-corrected chi connectivity index (χ4v) is 2.63. The zero-order chi connectivity index (χ0) is 15.4. The van der Waals surface area contributed by atoms with Gasteiger partial charge < -0.3 is 9.64 Å². The lowest BCUT2D eigenvalue weighted by Crippen LogP contribution is -2.48. The Bertz CT molecular complexity index is 587. The van der Waals surface area contributed by atoms with Gasteiger partial charge in [0.1, 0.15) is 18.1 Å². The van der Waals surface area contributed by atoms with Gasteiger partial charge in [0.2, 0.25) is 0 Å². The third-order valence-electron chi connectivity index (χ3n) is 3.93. The molecule has 6 heteroatoms. The van der Waals surface area contributed by atoms with Gasteiger partial charge in [0.25, 0.3) is 0 Å². The smallest absolute Gasteiger partial charge is 0.177 e. The molecule has 0 unspecified atom stereocenters. The van der Waals surface area contributed by atoms with Crippen molar-refractivity contribution in [3.8, 4) is 5.75 Å². The minimum Gasteiger partial charge on any atom is -0.495 e. The summed E-state index contributed by atoms with van der Waals surface area (Å²) in [6.07, 6.45) is 5.20. The minimum atomic E-state index is 0.0768. The molecule has 3 rings (SSSR count). The van der Waals surface area contributed by atoms with E-state index in [1.807, 2.05) is 18.2 Å². The molecule has 116 valence electrons. The summed E-state index contributed by atoms with van der Waals surface area (Å²) in [5.41, 5.74) is 1.05. The van der Waals surface area contributed by atoms with E-state index in [-0.39, 0.29) is 12.3 Å². The van der Waals surface area contributed by atoms with Crippen molar-refractivity contribution in [3.05, 3.63) is 36.2 Å². The molecule has 0 atom stereocenters. The van der Waals surface area contributed by atoms with E-state index in [0.717, 1.165) is 50.0 Å². The van der Waals surface area contributed by atoms with Crippen LogP contribution in [0, 0.1) is 0 Å². The van der Waals surface area contributed by atoms with Crippen LogP contribution in [-0.4, -0.2) is 66.2 Å². The van der Waals surface area contributed by atoms with E-state index in [0.29, 0.717) is 0 Å². The van der Waals surface area contributed by atoms with Gasteiger partial charge >= 0.3 is 0 Å². The van der Waals surface area contributed by atoms with Gasteiger partial charge in [-0.2, -0.15) is 0 Å². The lowest BCUT2D eigenvalue weighted by atomic mass is 10.2. The first-order valence-electron chi connectivity index (χ1n) is 7.46. The fraction of sp³-hybridized carbons (Fsp3) is 0.438. The lowest BCUT2D eigenvalue weighted by molar-refractivity contribution is -0.113. The van der Waals surface area contributed by atoms with Crippen LogP contribution >= 0.6 is 0 Å². The molecule has 2 aliphatic heterocycles. The molecule has 1 fully saturated rings. The summed E-state index contributed by atoms with van der Waals surface area (Å²) in [6, 6.07) is 3.95. The number of nitrogens with zero attached hydrogens (tertiary/aromatic N) is 4. The van der Waals surface area contributed by atoms with Crippen molar-refractivity contribution < 1.29 is 9.53 Å². The van der Waals surface area contributed by atoms with E-state index in [1.165, 1.54) is 0 Å². The van der Waals surface area contributed by atoms with Gasteiger partial charge in [-0.15, -0.1) is 0 Å². The van der Waals surface area contributed by atoms with E-state index in [2.05, 4.69) is 19.8 Å². The number of rotatable bonds is 3. The maximum atomic E-state index is 11.2. The Morgan fingerprint density at radius 2 is 2.00 bits per heavy atom. The monoisotopic (exact) mass is 300 g/mol. The zero-order valence-corrected chi connectivity index (χ0v) is 12.7. The summed E-state index contributed by atoms with van der Waals surface area (Å²) in [5.74, 6) is 1.79. The lowest BCUT2D eigenvalue weighted by Gasteiger charge is -2.36. The largest absolute Gasteiger partial charge is 0.495 e. The number of carbonyl (C=O) groups is 1. The summed E-state index contributed by atoms with van der Waals surface area (Å²) in [4.78, 5) is 24.5. The van der Waals surface area contributed by atoms with Gasteiger partial charge in [0.15, 0.2) is 5.78 Å². The normalized spacial score (nSPS) is 19.2. The Morgan fingerprint density at radius 1 is 1.18 bits per heavy atom. The van der Waals surface area contributed by atoms with Crippen molar-refractivity contribution in [2.75, 3.05) is 39.8 Å². The second-order valence-corrected chi connectivity index (χ2v) is 5.43. The number of ketones is 1. The fourth-order valence-electron chi connectivity index (χ4n) is 2.63. The molecule has 1 saturated heterocycles. The van der Waals surface area contributed by atoms with Crippen LogP contribution in [0.3, 0.4) is 0 Å². The Morgan fingerprint density at radius 3 is 2.59 bits per heavy atom. The number of hydrogen-bond donors (Lipinski definition) is 0. The van der Waals surface area contributed by atoms with Crippen molar-refractivity contribution in [3.63, 3.8) is 0 Å². The highest BCUT2D eigenvalue weighted by Gasteiger charge is 2.20. The molecule has 3 heterocycles. The molecule has 2 aliphatic rings. The van der Waals surface area contributed by atoms with E-state index in [9.17, 15) is 4.79 Å². The molecule has 0 N–H and O–H groups in total. The molecule has 0 spiro atoms. The van der Waals surface area contributed by atoms with Crippen molar-refractivity contribution in [2.24, 2.45) is 4.99 Å². The maximum absolute atomic E-state index is 11.2. The van der Waals surface area contributed by atoms with Crippen LogP contribution in [0.5, 0.6) is 5.75 Å². The summed E-state index contributed by atoms with van der Waals surface area (Å²) >= 11 is 0. The van der Waals surface area contributed by atoms with Crippen LogP contribution < -0.4 is 4.74 Å². The van der Waals surface area contributed by atoms with Gasteiger partial charge in [-0.25, -0.2) is 0 Å². The topological polar surface area (TPSA) is 58.0 Å². The quantitative estimate of drug-likeness (QED) is 0.824. The summed E-state index contributed by atoms with van der Waals surface area (Å²) in [6.45, 7) is 4.91. The number of aliphatic imine (C=N–C) groups is 1. The van der Waals surface area contributed by atoms with E-state index >= 15 is 0 Å². The molecule has 1 aromatic heterocycles. The molecule has 6 nitrogen and oxygen atoms in total. The van der Waals surface area contributed by atoms with Gasteiger partial charge in [0.05, 0.1) is 19.0 Å². The predicted molar refractivity (Wildman–Crippen MR) is 84.1 cm³/mol. The highest BCUT2D eigenvalue weighted by atomic mass is 16.5. The number of dihydropyridines is 1. The van der Waals surface area contributed by atoms with Crippen LogP contribution in [0.15, 0.2) is 35.5 Å². The van der Waals surface area contributed by atoms with Gasteiger partial charge in [-0.3, -0.25) is 19.7 Å². The SMILES string of the molecule is COc1ccc(CN2CCN(C3=NCC(=O)C=C3)CC2)nc1. The number of piperazine rings is 1. The molecular formula is C16H20N4O2. The summed E-state index contributed by atoms with van der Waals surface area (Å²) < 4.78 is 5.12. The number of amidine groups is 1. The zero-order valence-electron chi connectivity index (χ0n) is 12.7. The van der Waals surface area contributed by atoms with E-state index < -0.39 is 0 Å². The van der Waals surface area contributed by atoms with Crippen LogP contribution in [0.25, 0.3) is 0 Å². The molecule has 0 amide bonds. The first-order chi connectivity index (χ1) is 10.7. The number of hydrogen-bond acceptors (Lipinski definition) is 6. The Labute approximate surface area is 130 Å². The highest BCUT2D eigenvalue weighted by Crippen LogP contribution is 2.12. The molecule has 22 heavy (non-hydrogen) atoms. The second kappa shape index (κ2) is 6.70. The minimum absolute atomic E-state index is 0.0768. The molecular weight excluding hydrogens is 280 g/mol. The third kappa shape index (κ3) is 3.51. The third-order valence-corrected chi connectivity index (χ3v) is 3.93. The Balaban J connectivity index is 1.51. The number of pyridine rings is 1. The molecule has 0 aromatic carbocycles. The summed E-state index contributed by atoms with van der Waals surface area (Å²) in [5, 5.41) is 0. The number of carbonyl (C=O) groups excluding carboxylic acids is 1. The Kier molecular flexibility index (Phi) is 4.48. The first kappa shape index (κ1) is 14.7. The molecule has 1 aromatic rings. The first-order valence-corrected chi connectivity index (χ1v) is 7.46. The van der Waals surface area contributed by atoms with Crippen molar-refractivity contribution in [1.82, 2.24) is 14.8 Å². The highest BCUT2D eigenvalue weighted by molar-refractivity contribution is 6.05. The molecule has 0 radical (unpaired) electrons. The number of methoxy groups -OCH3 is 1. The van der Waals surface area contributed by atoms with Gasteiger partial charge in [0, 0.05) is 32.7 Å². The van der Waals surface area contributed by atoms with Crippen molar-refractivity contribution in [2.45, 2.75) is 6.54 Å². The van der Waals surface area contributed by atoms with Crippen LogP contribution in [-0.2, 0) is 11.3 Å². The predicted octanol–water partition coefficient (Wildman–Crippen LogP) is 0.745. The number of aromatic nitrogens is 1. The van der Waals surface area contributed by atoms with Crippen molar-refractivity contribution in [1.29, 1.82) is 0 Å². The average Bonchev–Trinajstić information content (AvgIpc) is 2.57. The van der Waals surface area contributed by atoms with Crippen LogP contribution in [0.1, 0.15) is 5.69 Å². The standard InChI is InChI=1S/C16H20N4O2/c1-22-15-4-2-13(17-11-15)12-19-6-8-20(9-7-19)16-5-3-14(21)10-18-16/h2-5,11H,6-10,12H2,1H3.